The Morgan fingerprint density at radius 2 is 1.77 bits per heavy atom. The Labute approximate surface area is 173 Å². The van der Waals surface area contributed by atoms with Crippen LogP contribution in [-0.4, -0.2) is 52.4 Å². The van der Waals surface area contributed by atoms with Crippen molar-refractivity contribution in [2.24, 2.45) is 0 Å². The standard InChI is InChI=1S/C22H22N4O4/c27-22(15-7-3-1-4-8-15)23-18-13-29-21-19(14-30-20(18)21)26-11-16(24-25-26)12-28-17-9-5-2-6-10-17/h1-11,18-21H,12-14H2,(H,23,27). The van der Waals surface area contributed by atoms with Crippen LogP contribution in [0.3, 0.4) is 0 Å². The van der Waals surface area contributed by atoms with E-state index in [9.17, 15) is 4.79 Å². The summed E-state index contributed by atoms with van der Waals surface area (Å²) in [5.74, 6) is 0.658. The lowest BCUT2D eigenvalue weighted by Crippen LogP contribution is -2.44. The number of carbonyl (C=O) groups excluding carboxylic acids is 1. The zero-order valence-electron chi connectivity index (χ0n) is 16.3. The Hall–Kier alpha value is -3.23. The third-order valence-corrected chi connectivity index (χ3v) is 5.41. The van der Waals surface area contributed by atoms with E-state index < -0.39 is 0 Å². The first-order valence-corrected chi connectivity index (χ1v) is 9.95. The van der Waals surface area contributed by atoms with E-state index >= 15 is 0 Å². The van der Waals surface area contributed by atoms with Crippen molar-refractivity contribution in [3.8, 4) is 5.75 Å². The molecule has 0 saturated carbocycles. The van der Waals surface area contributed by atoms with Crippen LogP contribution in [0.25, 0.3) is 0 Å². The van der Waals surface area contributed by atoms with E-state index in [1.54, 1.807) is 16.8 Å². The van der Waals surface area contributed by atoms with E-state index in [2.05, 4.69) is 15.6 Å². The number of carbonyl (C=O) groups is 1. The third kappa shape index (κ3) is 3.79. The monoisotopic (exact) mass is 406 g/mol. The average molecular weight is 406 g/mol. The molecule has 2 aliphatic rings. The fourth-order valence-corrected chi connectivity index (χ4v) is 3.89. The van der Waals surface area contributed by atoms with Gasteiger partial charge in [0.1, 0.15) is 36.3 Å². The van der Waals surface area contributed by atoms with Crippen LogP contribution in [0.15, 0.2) is 66.9 Å². The zero-order chi connectivity index (χ0) is 20.3. The van der Waals surface area contributed by atoms with Crippen molar-refractivity contribution < 1.29 is 19.0 Å². The number of ether oxygens (including phenoxy) is 3. The molecule has 1 amide bonds. The van der Waals surface area contributed by atoms with Gasteiger partial charge in [0.15, 0.2) is 0 Å². The molecule has 154 valence electrons. The quantitative estimate of drug-likeness (QED) is 0.674. The highest BCUT2D eigenvalue weighted by molar-refractivity contribution is 5.94. The first-order valence-electron chi connectivity index (χ1n) is 9.95. The van der Waals surface area contributed by atoms with Gasteiger partial charge in [0.25, 0.3) is 5.91 Å². The second kappa shape index (κ2) is 8.25. The SMILES string of the molecule is O=C(NC1COC2C1OCC2n1cc(COc2ccccc2)nn1)c1ccccc1. The van der Waals surface area contributed by atoms with Crippen LogP contribution in [0.2, 0.25) is 0 Å². The first kappa shape index (κ1) is 18.8. The largest absolute Gasteiger partial charge is 0.487 e. The maximum absolute atomic E-state index is 12.5. The van der Waals surface area contributed by atoms with Crippen molar-refractivity contribution in [1.29, 1.82) is 0 Å². The van der Waals surface area contributed by atoms with Gasteiger partial charge in [0.05, 0.1) is 25.5 Å². The van der Waals surface area contributed by atoms with Gasteiger partial charge < -0.3 is 19.5 Å². The summed E-state index contributed by atoms with van der Waals surface area (Å²) in [6.45, 7) is 1.20. The maximum Gasteiger partial charge on any atom is 0.251 e. The molecule has 30 heavy (non-hydrogen) atoms. The Bertz CT molecular complexity index is 995. The molecule has 2 aromatic carbocycles. The van der Waals surface area contributed by atoms with Crippen LogP contribution in [0, 0.1) is 0 Å². The summed E-state index contributed by atoms with van der Waals surface area (Å²) in [5.41, 5.74) is 1.35. The molecule has 3 aromatic rings. The highest BCUT2D eigenvalue weighted by atomic mass is 16.6. The van der Waals surface area contributed by atoms with Crippen LogP contribution >= 0.6 is 0 Å². The summed E-state index contributed by atoms with van der Waals surface area (Å²) in [7, 11) is 0. The van der Waals surface area contributed by atoms with Crippen molar-refractivity contribution >= 4 is 5.91 Å². The number of rotatable bonds is 6. The summed E-state index contributed by atoms with van der Waals surface area (Å²) < 4.78 is 19.4. The molecule has 4 unspecified atom stereocenters. The molecule has 8 heteroatoms. The van der Waals surface area contributed by atoms with Crippen molar-refractivity contribution in [2.45, 2.75) is 30.9 Å². The van der Waals surface area contributed by atoms with E-state index in [0.29, 0.717) is 25.4 Å². The van der Waals surface area contributed by atoms with Crippen LogP contribution in [0.4, 0.5) is 0 Å². The molecule has 2 aliphatic heterocycles. The van der Waals surface area contributed by atoms with E-state index in [1.807, 2.05) is 54.7 Å². The third-order valence-electron chi connectivity index (χ3n) is 5.41. The fraction of sp³-hybridized carbons (Fsp3) is 0.318. The molecule has 4 atom stereocenters. The molecule has 2 saturated heterocycles. The fourth-order valence-electron chi connectivity index (χ4n) is 3.89. The highest BCUT2D eigenvalue weighted by Gasteiger charge is 2.49. The second-order valence-corrected chi connectivity index (χ2v) is 7.40. The molecule has 1 N–H and O–H groups in total. The van der Waals surface area contributed by atoms with Crippen molar-refractivity contribution in [3.63, 3.8) is 0 Å². The van der Waals surface area contributed by atoms with Gasteiger partial charge in [-0.05, 0) is 24.3 Å². The molecule has 3 heterocycles. The number of fused-ring (bicyclic) bond motifs is 1. The molecule has 0 bridgehead atoms. The summed E-state index contributed by atoms with van der Waals surface area (Å²) in [5, 5.41) is 11.5. The number of nitrogens with one attached hydrogen (secondary N) is 1. The number of hydrogen-bond acceptors (Lipinski definition) is 6. The highest BCUT2D eigenvalue weighted by Crippen LogP contribution is 2.34. The van der Waals surface area contributed by atoms with Crippen molar-refractivity contribution in [2.75, 3.05) is 13.2 Å². The molecule has 0 aliphatic carbocycles. The summed E-state index contributed by atoms with van der Waals surface area (Å²) in [4.78, 5) is 12.5. The van der Waals surface area contributed by atoms with Gasteiger partial charge in [-0.2, -0.15) is 0 Å². The Morgan fingerprint density at radius 1 is 1.03 bits per heavy atom. The van der Waals surface area contributed by atoms with Crippen LogP contribution in [0.5, 0.6) is 5.75 Å². The number of aromatic nitrogens is 3. The molecular formula is C22H22N4O4. The normalized spacial score (nSPS) is 25.1. The topological polar surface area (TPSA) is 87.5 Å². The van der Waals surface area contributed by atoms with E-state index in [4.69, 9.17) is 14.2 Å². The number of para-hydroxylation sites is 1. The minimum atomic E-state index is -0.212. The number of benzene rings is 2. The minimum Gasteiger partial charge on any atom is -0.487 e. The minimum absolute atomic E-state index is 0.0911. The molecule has 0 spiro atoms. The van der Waals surface area contributed by atoms with Crippen LogP contribution < -0.4 is 10.1 Å². The van der Waals surface area contributed by atoms with Crippen LogP contribution in [-0.2, 0) is 16.1 Å². The van der Waals surface area contributed by atoms with Gasteiger partial charge in [-0.3, -0.25) is 4.79 Å². The average Bonchev–Trinajstić information content (AvgIpc) is 3.51. The van der Waals surface area contributed by atoms with E-state index in [1.165, 1.54) is 0 Å². The Morgan fingerprint density at radius 3 is 2.57 bits per heavy atom. The smallest absolute Gasteiger partial charge is 0.251 e. The maximum atomic E-state index is 12.5. The number of nitrogens with zero attached hydrogens (tertiary/aromatic N) is 3. The second-order valence-electron chi connectivity index (χ2n) is 7.40. The molecule has 2 fully saturated rings. The lowest BCUT2D eigenvalue weighted by atomic mass is 10.1. The first-order chi connectivity index (χ1) is 14.8. The lowest BCUT2D eigenvalue weighted by Gasteiger charge is -2.17. The Kier molecular flexibility index (Phi) is 5.17. The van der Waals surface area contributed by atoms with Crippen molar-refractivity contribution in [3.05, 3.63) is 78.1 Å². The summed E-state index contributed by atoms with van der Waals surface area (Å²) in [6, 6.07) is 18.4. The summed E-state index contributed by atoms with van der Waals surface area (Å²) in [6.07, 6.45) is 1.46. The van der Waals surface area contributed by atoms with E-state index in [-0.39, 0.29) is 30.2 Å². The molecule has 0 radical (unpaired) electrons. The molecule has 5 rings (SSSR count). The predicted octanol–water partition coefficient (Wildman–Crippen LogP) is 1.99. The van der Waals surface area contributed by atoms with Gasteiger partial charge in [-0.15, -0.1) is 5.10 Å². The van der Waals surface area contributed by atoms with Gasteiger partial charge in [0, 0.05) is 5.56 Å². The van der Waals surface area contributed by atoms with Gasteiger partial charge in [-0.25, -0.2) is 4.68 Å². The van der Waals surface area contributed by atoms with Gasteiger partial charge in [-0.1, -0.05) is 41.6 Å². The number of amides is 1. The van der Waals surface area contributed by atoms with Crippen molar-refractivity contribution in [1.82, 2.24) is 20.3 Å². The molecule has 8 nitrogen and oxygen atoms in total. The zero-order valence-corrected chi connectivity index (χ0v) is 16.3. The number of hydrogen-bond donors (Lipinski definition) is 1. The van der Waals surface area contributed by atoms with E-state index in [0.717, 1.165) is 11.4 Å². The van der Waals surface area contributed by atoms with Gasteiger partial charge in [0.2, 0.25) is 0 Å². The van der Waals surface area contributed by atoms with Gasteiger partial charge >= 0.3 is 0 Å². The lowest BCUT2D eigenvalue weighted by molar-refractivity contribution is 0.0613. The molecular weight excluding hydrogens is 384 g/mol. The predicted molar refractivity (Wildman–Crippen MR) is 107 cm³/mol. The van der Waals surface area contributed by atoms with Crippen LogP contribution in [0.1, 0.15) is 22.1 Å². The summed E-state index contributed by atoms with van der Waals surface area (Å²) >= 11 is 0. The Balaban J connectivity index is 1.20. The molecule has 1 aromatic heterocycles.